The molecule has 1 aromatic carbocycles. The van der Waals surface area contributed by atoms with Crippen molar-refractivity contribution in [3.63, 3.8) is 0 Å². The minimum atomic E-state index is -0.924. The van der Waals surface area contributed by atoms with Crippen LogP contribution in [0.2, 0.25) is 0 Å². The van der Waals surface area contributed by atoms with Gasteiger partial charge in [0.2, 0.25) is 5.91 Å². The van der Waals surface area contributed by atoms with Crippen LogP contribution in [0.3, 0.4) is 0 Å². The molecule has 2 unspecified atom stereocenters. The van der Waals surface area contributed by atoms with E-state index in [1.54, 1.807) is 24.3 Å². The molecule has 2 amide bonds. The minimum absolute atomic E-state index is 0.0212. The van der Waals surface area contributed by atoms with Crippen molar-refractivity contribution in [1.82, 2.24) is 4.90 Å². The van der Waals surface area contributed by atoms with E-state index in [0.717, 1.165) is 25.9 Å². The van der Waals surface area contributed by atoms with E-state index in [9.17, 15) is 14.4 Å². The number of anilines is 1. The third kappa shape index (κ3) is 3.58. The zero-order chi connectivity index (χ0) is 17.3. The van der Waals surface area contributed by atoms with E-state index in [0.29, 0.717) is 23.6 Å². The lowest BCUT2D eigenvalue weighted by Crippen LogP contribution is -2.37. The summed E-state index contributed by atoms with van der Waals surface area (Å²) in [6.45, 7) is 3.78. The second-order valence-corrected chi connectivity index (χ2v) is 6.83. The van der Waals surface area contributed by atoms with Gasteiger partial charge in [0.15, 0.2) is 0 Å². The number of hydrogen-bond acceptors (Lipinski definition) is 3. The lowest BCUT2D eigenvalue weighted by molar-refractivity contribution is -0.139. The standard InChI is InChI=1S/C18H22N2O4/c1-11-6-8-20(9-7-11)17(22)12-2-4-13(5-3-12)19-16(21)14-10-15(14)18(23)24/h2-5,11,14-15H,6-10H2,1H3,(H,19,21)(H,23,24). The van der Waals surface area contributed by atoms with Gasteiger partial charge >= 0.3 is 5.97 Å². The maximum atomic E-state index is 12.4. The van der Waals surface area contributed by atoms with Crippen LogP contribution < -0.4 is 5.32 Å². The van der Waals surface area contributed by atoms with Crippen molar-refractivity contribution in [1.29, 1.82) is 0 Å². The topological polar surface area (TPSA) is 86.7 Å². The Labute approximate surface area is 140 Å². The Bertz CT molecular complexity index is 647. The van der Waals surface area contributed by atoms with Crippen LogP contribution in [0.5, 0.6) is 0 Å². The Morgan fingerprint density at radius 1 is 1.08 bits per heavy atom. The number of carbonyl (C=O) groups is 3. The molecule has 3 rings (SSSR count). The largest absolute Gasteiger partial charge is 0.481 e. The maximum absolute atomic E-state index is 12.4. The normalized spacial score (nSPS) is 23.6. The first kappa shape index (κ1) is 16.5. The van der Waals surface area contributed by atoms with Gasteiger partial charge in [-0.25, -0.2) is 0 Å². The van der Waals surface area contributed by atoms with Crippen LogP contribution >= 0.6 is 0 Å². The highest BCUT2D eigenvalue weighted by Crippen LogP contribution is 2.39. The van der Waals surface area contributed by atoms with Crippen molar-refractivity contribution in [2.45, 2.75) is 26.2 Å². The van der Waals surface area contributed by atoms with Gasteiger partial charge in [-0.1, -0.05) is 6.92 Å². The average molecular weight is 330 g/mol. The van der Waals surface area contributed by atoms with E-state index in [1.165, 1.54) is 0 Å². The molecule has 6 heteroatoms. The number of likely N-dealkylation sites (tertiary alicyclic amines) is 1. The van der Waals surface area contributed by atoms with Crippen molar-refractivity contribution in [3.05, 3.63) is 29.8 Å². The number of amides is 2. The molecule has 1 saturated heterocycles. The zero-order valence-corrected chi connectivity index (χ0v) is 13.7. The Balaban J connectivity index is 1.56. The molecular formula is C18H22N2O4. The summed E-state index contributed by atoms with van der Waals surface area (Å²) in [7, 11) is 0. The van der Waals surface area contributed by atoms with E-state index in [4.69, 9.17) is 5.11 Å². The van der Waals surface area contributed by atoms with Gasteiger partial charge in [0.05, 0.1) is 11.8 Å². The van der Waals surface area contributed by atoms with Crippen LogP contribution in [-0.4, -0.2) is 40.9 Å². The predicted octanol–water partition coefficient (Wildman–Crippen LogP) is 2.22. The lowest BCUT2D eigenvalue weighted by Gasteiger charge is -2.30. The quantitative estimate of drug-likeness (QED) is 0.886. The fraction of sp³-hybridized carbons (Fsp3) is 0.500. The maximum Gasteiger partial charge on any atom is 0.307 e. The Morgan fingerprint density at radius 3 is 2.25 bits per heavy atom. The molecule has 128 valence electrons. The van der Waals surface area contributed by atoms with Gasteiger partial charge in [-0.15, -0.1) is 0 Å². The molecule has 0 radical (unpaired) electrons. The molecule has 24 heavy (non-hydrogen) atoms. The predicted molar refractivity (Wildman–Crippen MR) is 88.6 cm³/mol. The van der Waals surface area contributed by atoms with Gasteiger partial charge in [0.1, 0.15) is 0 Å². The molecule has 2 fully saturated rings. The van der Waals surface area contributed by atoms with Gasteiger partial charge in [0, 0.05) is 24.3 Å². The highest BCUT2D eigenvalue weighted by molar-refractivity contribution is 5.99. The monoisotopic (exact) mass is 330 g/mol. The molecular weight excluding hydrogens is 308 g/mol. The van der Waals surface area contributed by atoms with Crippen molar-refractivity contribution < 1.29 is 19.5 Å². The van der Waals surface area contributed by atoms with Crippen molar-refractivity contribution in [3.8, 4) is 0 Å². The lowest BCUT2D eigenvalue weighted by atomic mass is 9.98. The molecule has 6 nitrogen and oxygen atoms in total. The highest BCUT2D eigenvalue weighted by Gasteiger charge is 2.48. The molecule has 1 heterocycles. The second-order valence-electron chi connectivity index (χ2n) is 6.83. The number of piperidine rings is 1. The number of carboxylic acids is 1. The summed E-state index contributed by atoms with van der Waals surface area (Å²) in [5.41, 5.74) is 1.19. The fourth-order valence-corrected chi connectivity index (χ4v) is 3.08. The molecule has 1 aliphatic carbocycles. The van der Waals surface area contributed by atoms with Gasteiger partial charge < -0.3 is 15.3 Å². The molecule has 2 N–H and O–H groups in total. The first-order valence-electron chi connectivity index (χ1n) is 8.38. The number of benzene rings is 1. The van der Waals surface area contributed by atoms with Crippen molar-refractivity contribution >= 4 is 23.5 Å². The molecule has 2 aliphatic rings. The van der Waals surface area contributed by atoms with Crippen LogP contribution in [0.1, 0.15) is 36.5 Å². The molecule has 1 saturated carbocycles. The van der Waals surface area contributed by atoms with Crippen LogP contribution in [0.4, 0.5) is 5.69 Å². The van der Waals surface area contributed by atoms with E-state index < -0.39 is 17.8 Å². The fourth-order valence-electron chi connectivity index (χ4n) is 3.08. The van der Waals surface area contributed by atoms with Gasteiger partial charge in [-0.2, -0.15) is 0 Å². The van der Waals surface area contributed by atoms with E-state index in [-0.39, 0.29) is 11.8 Å². The summed E-state index contributed by atoms with van der Waals surface area (Å²) >= 11 is 0. The van der Waals surface area contributed by atoms with E-state index in [2.05, 4.69) is 12.2 Å². The third-order valence-electron chi connectivity index (χ3n) is 4.91. The van der Waals surface area contributed by atoms with E-state index >= 15 is 0 Å². The van der Waals surface area contributed by atoms with Crippen molar-refractivity contribution in [2.24, 2.45) is 17.8 Å². The van der Waals surface area contributed by atoms with Crippen LogP contribution in [-0.2, 0) is 9.59 Å². The summed E-state index contributed by atoms with van der Waals surface area (Å²) in [5.74, 6) is -1.51. The molecule has 1 aromatic rings. The molecule has 0 spiro atoms. The molecule has 0 bridgehead atoms. The summed E-state index contributed by atoms with van der Waals surface area (Å²) in [6.07, 6.45) is 2.46. The number of aliphatic carboxylic acids is 1. The highest BCUT2D eigenvalue weighted by atomic mass is 16.4. The molecule has 0 aromatic heterocycles. The smallest absolute Gasteiger partial charge is 0.307 e. The van der Waals surface area contributed by atoms with Gasteiger partial charge in [-0.05, 0) is 49.4 Å². The van der Waals surface area contributed by atoms with Crippen LogP contribution in [0.15, 0.2) is 24.3 Å². The van der Waals surface area contributed by atoms with Crippen molar-refractivity contribution in [2.75, 3.05) is 18.4 Å². The number of carboxylic acid groups (broad SMARTS) is 1. The average Bonchev–Trinajstić information content (AvgIpc) is 3.37. The van der Waals surface area contributed by atoms with Crippen LogP contribution in [0.25, 0.3) is 0 Å². The minimum Gasteiger partial charge on any atom is -0.481 e. The summed E-state index contributed by atoms with van der Waals surface area (Å²) in [5, 5.41) is 11.6. The third-order valence-corrected chi connectivity index (χ3v) is 4.91. The summed E-state index contributed by atoms with van der Waals surface area (Å²) < 4.78 is 0. The number of nitrogens with zero attached hydrogens (tertiary/aromatic N) is 1. The van der Waals surface area contributed by atoms with Crippen LogP contribution in [0, 0.1) is 17.8 Å². The number of hydrogen-bond donors (Lipinski definition) is 2. The molecule has 1 aliphatic heterocycles. The second kappa shape index (κ2) is 6.63. The number of nitrogens with one attached hydrogen (secondary N) is 1. The zero-order valence-electron chi connectivity index (χ0n) is 13.7. The Morgan fingerprint density at radius 2 is 1.71 bits per heavy atom. The number of carbonyl (C=O) groups excluding carboxylic acids is 2. The summed E-state index contributed by atoms with van der Waals surface area (Å²) in [6, 6.07) is 6.79. The van der Waals surface area contributed by atoms with Gasteiger partial charge in [-0.3, -0.25) is 14.4 Å². The Hall–Kier alpha value is -2.37. The first-order chi connectivity index (χ1) is 11.5. The summed E-state index contributed by atoms with van der Waals surface area (Å²) in [4.78, 5) is 37.1. The Kier molecular flexibility index (Phi) is 4.55. The van der Waals surface area contributed by atoms with Gasteiger partial charge in [0.25, 0.3) is 5.91 Å². The molecule has 2 atom stereocenters. The number of rotatable bonds is 4. The van der Waals surface area contributed by atoms with E-state index in [1.807, 2.05) is 4.90 Å². The first-order valence-corrected chi connectivity index (χ1v) is 8.38. The SMILES string of the molecule is CC1CCN(C(=O)c2ccc(NC(=O)C3CC3C(=O)O)cc2)CC1.